The Hall–Kier alpha value is -2.33. The number of nitrogens with one attached hydrogen (secondary N) is 1. The number of rotatable bonds is 3. The van der Waals surface area contributed by atoms with Gasteiger partial charge < -0.3 is 15.8 Å². The van der Waals surface area contributed by atoms with Crippen LogP contribution in [0.15, 0.2) is 29.0 Å². The predicted octanol–water partition coefficient (Wildman–Crippen LogP) is 2.45. The smallest absolute Gasteiger partial charge is 0.150 e. The summed E-state index contributed by atoms with van der Waals surface area (Å²) >= 11 is 3.31. The van der Waals surface area contributed by atoms with Gasteiger partial charge in [0.2, 0.25) is 0 Å². The molecule has 2 aromatic rings. The third-order valence-electron chi connectivity index (χ3n) is 2.40. The van der Waals surface area contributed by atoms with E-state index in [9.17, 15) is 0 Å². The molecule has 0 unspecified atom stereocenters. The van der Waals surface area contributed by atoms with E-state index in [0.717, 1.165) is 0 Å². The van der Waals surface area contributed by atoms with Gasteiger partial charge in [-0.1, -0.05) is 0 Å². The fourth-order valence-corrected chi connectivity index (χ4v) is 1.77. The van der Waals surface area contributed by atoms with E-state index in [-0.39, 0.29) is 0 Å². The molecular formula is C12H10BrN5O. The molecule has 19 heavy (non-hydrogen) atoms. The van der Waals surface area contributed by atoms with Crippen LogP contribution < -0.4 is 15.8 Å². The van der Waals surface area contributed by atoms with Crippen molar-refractivity contribution in [3.63, 3.8) is 0 Å². The topological polar surface area (TPSA) is 96.8 Å². The summed E-state index contributed by atoms with van der Waals surface area (Å²) in [7, 11) is 1.53. The number of benzene rings is 1. The van der Waals surface area contributed by atoms with Crippen LogP contribution in [0.3, 0.4) is 0 Å². The Balaban J connectivity index is 2.38. The first-order chi connectivity index (χ1) is 9.15. The first-order valence-corrected chi connectivity index (χ1v) is 6.06. The number of anilines is 3. The van der Waals surface area contributed by atoms with Crippen molar-refractivity contribution in [3.8, 4) is 11.8 Å². The molecule has 0 amide bonds. The molecule has 0 saturated heterocycles. The van der Waals surface area contributed by atoms with Crippen molar-refractivity contribution in [1.82, 2.24) is 9.97 Å². The second-order valence-corrected chi connectivity index (χ2v) is 4.37. The summed E-state index contributed by atoms with van der Waals surface area (Å²) in [6.07, 6.45) is 1.36. The van der Waals surface area contributed by atoms with Gasteiger partial charge in [0.25, 0.3) is 0 Å². The Kier molecular flexibility index (Phi) is 3.82. The van der Waals surface area contributed by atoms with Crippen molar-refractivity contribution in [1.29, 1.82) is 5.26 Å². The van der Waals surface area contributed by atoms with E-state index in [1.807, 2.05) is 0 Å². The summed E-state index contributed by atoms with van der Waals surface area (Å²) in [5.74, 6) is 1.41. The molecule has 0 aliphatic carbocycles. The second kappa shape index (κ2) is 5.54. The van der Waals surface area contributed by atoms with Gasteiger partial charge in [-0.15, -0.1) is 0 Å². The molecule has 1 heterocycles. The van der Waals surface area contributed by atoms with Gasteiger partial charge in [0, 0.05) is 6.07 Å². The maximum Gasteiger partial charge on any atom is 0.150 e. The average molecular weight is 320 g/mol. The first-order valence-electron chi connectivity index (χ1n) is 5.27. The number of halogens is 1. The molecule has 96 valence electrons. The van der Waals surface area contributed by atoms with Crippen LogP contribution in [0.2, 0.25) is 0 Å². The molecule has 0 bridgehead atoms. The van der Waals surface area contributed by atoms with Gasteiger partial charge >= 0.3 is 0 Å². The number of nitrogens with zero attached hydrogens (tertiary/aromatic N) is 3. The zero-order valence-electron chi connectivity index (χ0n) is 10.0. The minimum atomic E-state index is 0.338. The molecule has 7 heteroatoms. The van der Waals surface area contributed by atoms with Gasteiger partial charge in [-0.3, -0.25) is 0 Å². The quantitative estimate of drug-likeness (QED) is 0.901. The Bertz CT molecular complexity index is 653. The van der Waals surface area contributed by atoms with Crippen molar-refractivity contribution < 1.29 is 4.74 Å². The van der Waals surface area contributed by atoms with Gasteiger partial charge in [0.15, 0.2) is 0 Å². The molecule has 1 aromatic carbocycles. The highest BCUT2D eigenvalue weighted by Gasteiger charge is 2.10. The lowest BCUT2D eigenvalue weighted by atomic mass is 10.2. The van der Waals surface area contributed by atoms with Crippen LogP contribution in [0.25, 0.3) is 0 Å². The largest absolute Gasteiger partial charge is 0.495 e. The van der Waals surface area contributed by atoms with Gasteiger partial charge in [0.1, 0.15) is 28.2 Å². The van der Waals surface area contributed by atoms with E-state index in [2.05, 4.69) is 37.3 Å². The van der Waals surface area contributed by atoms with E-state index in [1.165, 1.54) is 13.4 Å². The third-order valence-corrected chi connectivity index (χ3v) is 3.18. The maximum absolute atomic E-state index is 8.85. The Morgan fingerprint density at radius 3 is 2.89 bits per heavy atom. The molecular weight excluding hydrogens is 310 g/mol. The summed E-state index contributed by atoms with van der Waals surface area (Å²) in [6, 6.07) is 7.11. The van der Waals surface area contributed by atoms with Crippen molar-refractivity contribution in [3.05, 3.63) is 34.6 Å². The maximum atomic E-state index is 8.85. The minimum absolute atomic E-state index is 0.338. The summed E-state index contributed by atoms with van der Waals surface area (Å²) < 4.78 is 5.80. The van der Waals surface area contributed by atoms with Crippen molar-refractivity contribution in [2.45, 2.75) is 0 Å². The minimum Gasteiger partial charge on any atom is -0.495 e. The third kappa shape index (κ3) is 2.74. The number of aromatic nitrogens is 2. The zero-order chi connectivity index (χ0) is 13.8. The van der Waals surface area contributed by atoms with Crippen LogP contribution in [-0.2, 0) is 0 Å². The lowest BCUT2D eigenvalue weighted by molar-refractivity contribution is 0.416. The predicted molar refractivity (Wildman–Crippen MR) is 75.1 cm³/mol. The molecule has 3 N–H and O–H groups in total. The van der Waals surface area contributed by atoms with Crippen molar-refractivity contribution >= 4 is 33.3 Å². The molecule has 0 aliphatic heterocycles. The number of nitriles is 1. The number of ether oxygens (including phenoxy) is 1. The van der Waals surface area contributed by atoms with Gasteiger partial charge in [-0.25, -0.2) is 9.97 Å². The molecule has 0 aliphatic rings. The number of methoxy groups -OCH3 is 1. The summed E-state index contributed by atoms with van der Waals surface area (Å²) in [5.41, 5.74) is 6.88. The van der Waals surface area contributed by atoms with Crippen LogP contribution in [0.1, 0.15) is 5.56 Å². The van der Waals surface area contributed by atoms with E-state index in [0.29, 0.717) is 33.1 Å². The zero-order valence-corrected chi connectivity index (χ0v) is 11.6. The normalized spacial score (nSPS) is 9.74. The molecule has 6 nitrogen and oxygen atoms in total. The molecule has 0 saturated carbocycles. The van der Waals surface area contributed by atoms with Gasteiger partial charge in [0.05, 0.1) is 24.4 Å². The molecule has 0 radical (unpaired) electrons. The van der Waals surface area contributed by atoms with E-state index in [1.54, 1.807) is 18.2 Å². The highest BCUT2D eigenvalue weighted by molar-refractivity contribution is 9.10. The highest BCUT2D eigenvalue weighted by atomic mass is 79.9. The van der Waals surface area contributed by atoms with Crippen LogP contribution in [0.5, 0.6) is 5.75 Å². The summed E-state index contributed by atoms with van der Waals surface area (Å²) in [6.45, 7) is 0. The molecule has 0 fully saturated rings. The summed E-state index contributed by atoms with van der Waals surface area (Å²) in [4.78, 5) is 7.94. The highest BCUT2D eigenvalue weighted by Crippen LogP contribution is 2.32. The summed E-state index contributed by atoms with van der Waals surface area (Å²) in [5, 5.41) is 11.9. The number of hydrogen-bond donors (Lipinski definition) is 2. The Labute approximate surface area is 118 Å². The fourth-order valence-electron chi connectivity index (χ4n) is 1.46. The Morgan fingerprint density at radius 1 is 1.42 bits per heavy atom. The van der Waals surface area contributed by atoms with Crippen LogP contribution >= 0.6 is 15.9 Å². The van der Waals surface area contributed by atoms with Gasteiger partial charge in [-0.05, 0) is 28.1 Å². The monoisotopic (exact) mass is 319 g/mol. The SMILES string of the molecule is COc1cc(C#N)ccc1Nc1ncnc(N)c1Br. The van der Waals surface area contributed by atoms with Gasteiger partial charge in [-0.2, -0.15) is 5.26 Å². The van der Waals surface area contributed by atoms with E-state index in [4.69, 9.17) is 15.7 Å². The van der Waals surface area contributed by atoms with Crippen molar-refractivity contribution in [2.75, 3.05) is 18.2 Å². The second-order valence-electron chi connectivity index (χ2n) is 3.57. The number of hydrogen-bond acceptors (Lipinski definition) is 6. The lowest BCUT2D eigenvalue weighted by Gasteiger charge is -2.12. The lowest BCUT2D eigenvalue weighted by Crippen LogP contribution is -2.01. The van der Waals surface area contributed by atoms with E-state index >= 15 is 0 Å². The van der Waals surface area contributed by atoms with Crippen LogP contribution in [0, 0.1) is 11.3 Å². The molecule has 0 atom stereocenters. The Morgan fingerprint density at radius 2 is 2.21 bits per heavy atom. The van der Waals surface area contributed by atoms with E-state index < -0.39 is 0 Å². The molecule has 1 aromatic heterocycles. The van der Waals surface area contributed by atoms with Crippen LogP contribution in [0.4, 0.5) is 17.3 Å². The standard InChI is InChI=1S/C12H10BrN5O/c1-19-9-4-7(5-14)2-3-8(9)18-12-10(13)11(15)16-6-17-12/h2-4,6H,1H3,(H3,15,16,17,18). The average Bonchev–Trinajstić information content (AvgIpc) is 2.44. The number of nitrogens with two attached hydrogens (primary N) is 1. The van der Waals surface area contributed by atoms with Crippen molar-refractivity contribution in [2.24, 2.45) is 0 Å². The first kappa shape index (κ1) is 13.1. The fraction of sp³-hybridized carbons (Fsp3) is 0.0833. The van der Waals surface area contributed by atoms with Crippen LogP contribution in [-0.4, -0.2) is 17.1 Å². The molecule has 2 rings (SSSR count). The number of nitrogen functional groups attached to an aromatic ring is 1. The molecule has 0 spiro atoms.